The Morgan fingerprint density at radius 2 is 2.00 bits per heavy atom. The van der Waals surface area contributed by atoms with Crippen LogP contribution in [0.5, 0.6) is 5.75 Å². The van der Waals surface area contributed by atoms with E-state index in [-0.39, 0.29) is 11.6 Å². The Bertz CT molecular complexity index is 534. The van der Waals surface area contributed by atoms with Crippen molar-refractivity contribution >= 4 is 23.2 Å². The van der Waals surface area contributed by atoms with Crippen molar-refractivity contribution in [1.29, 1.82) is 0 Å². The summed E-state index contributed by atoms with van der Waals surface area (Å²) in [5, 5.41) is 0.464. The molecule has 1 heterocycles. The summed E-state index contributed by atoms with van der Waals surface area (Å²) in [4.78, 5) is 4.05. The van der Waals surface area contributed by atoms with Crippen molar-refractivity contribution < 1.29 is 9.13 Å². The number of halogens is 3. The lowest BCUT2D eigenvalue weighted by Crippen LogP contribution is -1.98. The van der Waals surface area contributed by atoms with Crippen LogP contribution in [0.15, 0.2) is 36.4 Å². The zero-order valence-electron chi connectivity index (χ0n) is 8.66. The number of nitrogens with zero attached hydrogens (tertiary/aromatic N) is 1. The normalized spacial score (nSPS) is 10.3. The van der Waals surface area contributed by atoms with Gasteiger partial charge in [-0.25, -0.2) is 9.37 Å². The van der Waals surface area contributed by atoms with Gasteiger partial charge in [0.15, 0.2) is 0 Å². The van der Waals surface area contributed by atoms with E-state index < -0.39 is 5.82 Å². The van der Waals surface area contributed by atoms with Gasteiger partial charge in [-0.2, -0.15) is 0 Å². The van der Waals surface area contributed by atoms with Crippen molar-refractivity contribution in [2.45, 2.75) is 6.61 Å². The first-order valence-corrected chi connectivity index (χ1v) is 5.60. The molecule has 2 aromatic rings. The van der Waals surface area contributed by atoms with Gasteiger partial charge in [0.2, 0.25) is 0 Å². The Labute approximate surface area is 108 Å². The molecular formula is C12H8Cl2FNO. The third-order valence-electron chi connectivity index (χ3n) is 2.05. The van der Waals surface area contributed by atoms with Crippen molar-refractivity contribution in [3.63, 3.8) is 0 Å². The molecule has 0 aliphatic rings. The highest BCUT2D eigenvalue weighted by Crippen LogP contribution is 2.21. The number of pyridine rings is 1. The Morgan fingerprint density at radius 1 is 1.18 bits per heavy atom. The molecule has 0 aliphatic heterocycles. The second kappa shape index (κ2) is 5.34. The molecule has 0 saturated carbocycles. The zero-order valence-corrected chi connectivity index (χ0v) is 10.2. The Kier molecular flexibility index (Phi) is 3.82. The molecule has 0 N–H and O–H groups in total. The van der Waals surface area contributed by atoms with E-state index in [1.807, 2.05) is 0 Å². The molecule has 17 heavy (non-hydrogen) atoms. The van der Waals surface area contributed by atoms with Gasteiger partial charge in [0, 0.05) is 6.07 Å². The smallest absolute Gasteiger partial charge is 0.145 e. The van der Waals surface area contributed by atoms with Gasteiger partial charge in [0.25, 0.3) is 0 Å². The van der Waals surface area contributed by atoms with Crippen LogP contribution >= 0.6 is 23.2 Å². The van der Waals surface area contributed by atoms with Crippen LogP contribution in [0.3, 0.4) is 0 Å². The number of ether oxygens (including phenoxy) is 1. The second-order valence-electron chi connectivity index (χ2n) is 3.32. The summed E-state index contributed by atoms with van der Waals surface area (Å²) in [6.07, 6.45) is 0. The third kappa shape index (κ3) is 3.32. The van der Waals surface area contributed by atoms with E-state index in [4.69, 9.17) is 27.9 Å². The van der Waals surface area contributed by atoms with Crippen LogP contribution in [0.1, 0.15) is 5.69 Å². The van der Waals surface area contributed by atoms with Crippen molar-refractivity contribution in [2.24, 2.45) is 0 Å². The lowest BCUT2D eigenvalue weighted by Gasteiger charge is -2.06. The second-order valence-corrected chi connectivity index (χ2v) is 4.11. The van der Waals surface area contributed by atoms with E-state index in [1.165, 1.54) is 12.1 Å². The fourth-order valence-corrected chi connectivity index (χ4v) is 1.55. The highest BCUT2D eigenvalue weighted by atomic mass is 35.5. The molecule has 2 nitrogen and oxygen atoms in total. The molecule has 0 amide bonds. The average Bonchev–Trinajstić information content (AvgIpc) is 2.31. The largest absolute Gasteiger partial charge is 0.487 e. The molecule has 0 radical (unpaired) electrons. The van der Waals surface area contributed by atoms with Crippen molar-refractivity contribution in [2.75, 3.05) is 0 Å². The molecule has 0 aliphatic carbocycles. The van der Waals surface area contributed by atoms with Crippen LogP contribution < -0.4 is 4.74 Å². The van der Waals surface area contributed by atoms with Crippen LogP contribution in [-0.4, -0.2) is 4.98 Å². The summed E-state index contributed by atoms with van der Waals surface area (Å²) in [5.74, 6) is -0.114. The van der Waals surface area contributed by atoms with E-state index in [9.17, 15) is 4.39 Å². The van der Waals surface area contributed by atoms with Gasteiger partial charge >= 0.3 is 0 Å². The minimum absolute atomic E-state index is 0.0678. The lowest BCUT2D eigenvalue weighted by molar-refractivity contribution is 0.300. The Hall–Kier alpha value is -1.32. The van der Waals surface area contributed by atoms with Crippen molar-refractivity contribution in [3.8, 4) is 5.75 Å². The van der Waals surface area contributed by atoms with Crippen molar-refractivity contribution in [1.82, 2.24) is 4.98 Å². The van der Waals surface area contributed by atoms with Crippen molar-refractivity contribution in [3.05, 3.63) is 58.1 Å². The van der Waals surface area contributed by atoms with Gasteiger partial charge in [-0.05, 0) is 24.3 Å². The maximum atomic E-state index is 13.1. The SMILES string of the molecule is Fc1cc(OCc2cccc(Cl)n2)ccc1Cl. The van der Waals surface area contributed by atoms with Crippen LogP contribution in [-0.2, 0) is 6.61 Å². The fourth-order valence-electron chi connectivity index (χ4n) is 1.25. The molecule has 0 bridgehead atoms. The summed E-state index contributed by atoms with van der Waals surface area (Å²) >= 11 is 11.3. The first-order chi connectivity index (χ1) is 8.15. The molecule has 0 spiro atoms. The first kappa shape index (κ1) is 12.1. The number of hydrogen-bond acceptors (Lipinski definition) is 2. The molecule has 2 rings (SSSR count). The van der Waals surface area contributed by atoms with Crippen LogP contribution in [0.25, 0.3) is 0 Å². The molecule has 0 atom stereocenters. The standard InChI is InChI=1S/C12H8Cl2FNO/c13-10-5-4-9(6-11(10)15)17-7-8-2-1-3-12(14)16-8/h1-6H,7H2. The fraction of sp³-hybridized carbons (Fsp3) is 0.0833. The molecule has 88 valence electrons. The highest BCUT2D eigenvalue weighted by molar-refractivity contribution is 6.30. The van der Waals surface area contributed by atoms with Gasteiger partial charge in [0.05, 0.1) is 10.7 Å². The van der Waals surface area contributed by atoms with E-state index in [0.717, 1.165) is 0 Å². The van der Waals surface area contributed by atoms with E-state index in [0.29, 0.717) is 16.6 Å². The number of rotatable bonds is 3. The molecule has 0 fully saturated rings. The quantitative estimate of drug-likeness (QED) is 0.784. The minimum atomic E-state index is -0.511. The van der Waals surface area contributed by atoms with Gasteiger partial charge in [-0.15, -0.1) is 0 Å². The van der Waals surface area contributed by atoms with Gasteiger partial charge in [-0.1, -0.05) is 29.3 Å². The number of aromatic nitrogens is 1. The average molecular weight is 272 g/mol. The Morgan fingerprint density at radius 3 is 2.71 bits per heavy atom. The van der Waals surface area contributed by atoms with Gasteiger partial charge in [-0.3, -0.25) is 0 Å². The van der Waals surface area contributed by atoms with Crippen LogP contribution in [0, 0.1) is 5.82 Å². The molecule has 0 saturated heterocycles. The maximum absolute atomic E-state index is 13.1. The summed E-state index contributed by atoms with van der Waals surface area (Å²) in [6, 6.07) is 9.49. The van der Waals surface area contributed by atoms with Crippen LogP contribution in [0.4, 0.5) is 4.39 Å². The summed E-state index contributed by atoms with van der Waals surface area (Å²) in [5.41, 5.74) is 0.674. The molecule has 0 unspecified atom stereocenters. The first-order valence-electron chi connectivity index (χ1n) is 4.84. The van der Waals surface area contributed by atoms with E-state index in [2.05, 4.69) is 4.98 Å². The third-order valence-corrected chi connectivity index (χ3v) is 2.57. The number of hydrogen-bond donors (Lipinski definition) is 0. The van der Waals surface area contributed by atoms with E-state index in [1.54, 1.807) is 24.3 Å². The molecular weight excluding hydrogens is 264 g/mol. The summed E-state index contributed by atoms with van der Waals surface area (Å²) < 4.78 is 18.5. The summed E-state index contributed by atoms with van der Waals surface area (Å²) in [6.45, 7) is 0.224. The van der Waals surface area contributed by atoms with E-state index >= 15 is 0 Å². The molecule has 1 aromatic carbocycles. The Balaban J connectivity index is 2.05. The molecule has 5 heteroatoms. The van der Waals surface area contributed by atoms with Crippen LogP contribution in [0.2, 0.25) is 10.2 Å². The summed E-state index contributed by atoms with van der Waals surface area (Å²) in [7, 11) is 0. The highest BCUT2D eigenvalue weighted by Gasteiger charge is 2.03. The van der Waals surface area contributed by atoms with Gasteiger partial charge < -0.3 is 4.74 Å². The topological polar surface area (TPSA) is 22.1 Å². The molecule has 1 aromatic heterocycles. The zero-order chi connectivity index (χ0) is 12.3. The predicted octanol–water partition coefficient (Wildman–Crippen LogP) is 4.11. The maximum Gasteiger partial charge on any atom is 0.145 e. The van der Waals surface area contributed by atoms with Gasteiger partial charge in [0.1, 0.15) is 23.3 Å². The lowest BCUT2D eigenvalue weighted by atomic mass is 10.3. The minimum Gasteiger partial charge on any atom is -0.487 e. The monoisotopic (exact) mass is 271 g/mol. The predicted molar refractivity (Wildman–Crippen MR) is 65.0 cm³/mol. The number of benzene rings is 1.